The SMILES string of the molecule is CCc1ccccc1N1C(=O)/C(=C/c2ccc(O[C@H](C)C(=O)[O-])cc2)C(=O)NC1=S. The molecule has 1 fully saturated rings. The van der Waals surface area contributed by atoms with E-state index in [-0.39, 0.29) is 10.7 Å². The van der Waals surface area contributed by atoms with Crippen LogP contribution in [0, 0.1) is 0 Å². The summed E-state index contributed by atoms with van der Waals surface area (Å²) in [6, 6.07) is 13.7. The van der Waals surface area contributed by atoms with E-state index in [1.165, 1.54) is 17.9 Å². The summed E-state index contributed by atoms with van der Waals surface area (Å²) in [4.78, 5) is 37.6. The average molecular weight is 423 g/mol. The summed E-state index contributed by atoms with van der Waals surface area (Å²) in [6.07, 6.45) is 1.04. The molecular weight excluding hydrogens is 404 g/mol. The minimum Gasteiger partial charge on any atom is -0.546 e. The number of benzene rings is 2. The number of aryl methyl sites for hydroxylation is 1. The topological polar surface area (TPSA) is 98.8 Å². The van der Waals surface area contributed by atoms with Gasteiger partial charge in [-0.25, -0.2) is 0 Å². The van der Waals surface area contributed by atoms with Gasteiger partial charge in [0.1, 0.15) is 17.4 Å². The van der Waals surface area contributed by atoms with Crippen molar-refractivity contribution in [2.75, 3.05) is 4.90 Å². The van der Waals surface area contributed by atoms with Crippen LogP contribution < -0.4 is 20.1 Å². The Bertz CT molecular complexity index is 1050. The molecule has 0 unspecified atom stereocenters. The first-order valence-corrected chi connectivity index (χ1v) is 9.69. The van der Waals surface area contributed by atoms with Crippen LogP contribution in [-0.2, 0) is 20.8 Å². The fraction of sp³-hybridized carbons (Fsp3) is 0.182. The van der Waals surface area contributed by atoms with E-state index in [0.717, 1.165) is 5.56 Å². The highest BCUT2D eigenvalue weighted by molar-refractivity contribution is 7.80. The van der Waals surface area contributed by atoms with Crippen molar-refractivity contribution in [1.82, 2.24) is 5.32 Å². The second kappa shape index (κ2) is 8.87. The number of carbonyl (C=O) groups excluding carboxylic acids is 3. The summed E-state index contributed by atoms with van der Waals surface area (Å²) in [5.74, 6) is -2.10. The number of thiocarbonyl (C=S) groups is 1. The van der Waals surface area contributed by atoms with E-state index in [0.29, 0.717) is 23.4 Å². The van der Waals surface area contributed by atoms with E-state index in [1.54, 1.807) is 36.4 Å². The normalized spacial score (nSPS) is 16.4. The summed E-state index contributed by atoms with van der Waals surface area (Å²) in [5.41, 5.74) is 2.05. The van der Waals surface area contributed by atoms with Crippen molar-refractivity contribution in [2.24, 2.45) is 0 Å². The maximum absolute atomic E-state index is 13.1. The predicted molar refractivity (Wildman–Crippen MR) is 114 cm³/mol. The molecule has 0 saturated carbocycles. The highest BCUT2D eigenvalue weighted by Gasteiger charge is 2.35. The van der Waals surface area contributed by atoms with E-state index in [4.69, 9.17) is 17.0 Å². The van der Waals surface area contributed by atoms with Crippen molar-refractivity contribution in [3.05, 3.63) is 65.2 Å². The lowest BCUT2D eigenvalue weighted by molar-refractivity contribution is -0.312. The molecule has 7 nitrogen and oxygen atoms in total. The molecule has 1 N–H and O–H groups in total. The molecule has 1 atom stereocenters. The summed E-state index contributed by atoms with van der Waals surface area (Å²) < 4.78 is 5.22. The molecule has 2 amide bonds. The molecule has 1 aliphatic rings. The van der Waals surface area contributed by atoms with Crippen molar-refractivity contribution in [1.29, 1.82) is 0 Å². The lowest BCUT2D eigenvalue weighted by Crippen LogP contribution is -2.54. The van der Waals surface area contributed by atoms with Gasteiger partial charge in [-0.15, -0.1) is 0 Å². The molecule has 0 radical (unpaired) electrons. The Kier molecular flexibility index (Phi) is 6.27. The van der Waals surface area contributed by atoms with E-state index >= 15 is 0 Å². The minimum atomic E-state index is -1.32. The average Bonchev–Trinajstić information content (AvgIpc) is 2.72. The number of nitrogens with one attached hydrogen (secondary N) is 1. The molecular formula is C22H19N2O5S-. The fourth-order valence-corrected chi connectivity index (χ4v) is 3.24. The summed E-state index contributed by atoms with van der Waals surface area (Å²) in [7, 11) is 0. The molecule has 0 aliphatic carbocycles. The van der Waals surface area contributed by atoms with Crippen LogP contribution in [0.15, 0.2) is 54.1 Å². The largest absolute Gasteiger partial charge is 0.546 e. The number of aliphatic carboxylic acids is 1. The lowest BCUT2D eigenvalue weighted by Gasteiger charge is -2.30. The maximum atomic E-state index is 13.1. The highest BCUT2D eigenvalue weighted by Crippen LogP contribution is 2.26. The quantitative estimate of drug-likeness (QED) is 0.431. The van der Waals surface area contributed by atoms with Crippen LogP contribution in [0.25, 0.3) is 6.08 Å². The Morgan fingerprint density at radius 1 is 1.20 bits per heavy atom. The van der Waals surface area contributed by atoms with E-state index in [2.05, 4.69) is 5.32 Å². The monoisotopic (exact) mass is 423 g/mol. The fourth-order valence-electron chi connectivity index (χ4n) is 2.97. The molecule has 2 aromatic carbocycles. The van der Waals surface area contributed by atoms with Gasteiger partial charge in [0.05, 0.1) is 11.7 Å². The smallest absolute Gasteiger partial charge is 0.270 e. The van der Waals surface area contributed by atoms with Crippen LogP contribution in [0.5, 0.6) is 5.75 Å². The van der Waals surface area contributed by atoms with Gasteiger partial charge in [0.15, 0.2) is 5.11 Å². The number of hydrogen-bond donors (Lipinski definition) is 1. The van der Waals surface area contributed by atoms with Gasteiger partial charge in [-0.05, 0) is 61.0 Å². The first kappa shape index (κ1) is 21.2. The van der Waals surface area contributed by atoms with Crippen molar-refractivity contribution in [3.8, 4) is 5.75 Å². The number of carboxylic acid groups (broad SMARTS) is 1. The number of nitrogens with zero attached hydrogens (tertiary/aromatic N) is 1. The lowest BCUT2D eigenvalue weighted by atomic mass is 10.0. The molecule has 154 valence electrons. The zero-order chi connectivity index (χ0) is 21.8. The van der Waals surface area contributed by atoms with Gasteiger partial charge in [-0.2, -0.15) is 0 Å². The van der Waals surface area contributed by atoms with E-state index < -0.39 is 23.9 Å². The van der Waals surface area contributed by atoms with E-state index in [9.17, 15) is 19.5 Å². The Morgan fingerprint density at radius 2 is 1.87 bits per heavy atom. The van der Waals surface area contributed by atoms with Crippen molar-refractivity contribution in [3.63, 3.8) is 0 Å². The Hall–Kier alpha value is -3.52. The third kappa shape index (κ3) is 4.38. The predicted octanol–water partition coefficient (Wildman–Crippen LogP) is 1.60. The Morgan fingerprint density at radius 3 is 2.50 bits per heavy atom. The summed E-state index contributed by atoms with van der Waals surface area (Å²) in [5, 5.41) is 13.4. The molecule has 0 bridgehead atoms. The first-order chi connectivity index (χ1) is 14.3. The maximum Gasteiger partial charge on any atom is 0.270 e. The van der Waals surface area contributed by atoms with Crippen LogP contribution in [0.3, 0.4) is 0 Å². The van der Waals surface area contributed by atoms with Gasteiger partial charge in [0.2, 0.25) is 0 Å². The van der Waals surface area contributed by atoms with Gasteiger partial charge in [0, 0.05) is 0 Å². The number of ether oxygens (including phenoxy) is 1. The standard InChI is InChI=1S/C22H20N2O5S/c1-3-15-6-4-5-7-18(15)24-20(26)17(19(25)23-22(24)30)12-14-8-10-16(11-9-14)29-13(2)21(27)28/h4-13H,3H2,1-2H3,(H,27,28)(H,23,25,30)/p-1/b17-12+/t13-/m1/s1. The summed E-state index contributed by atoms with van der Waals surface area (Å²) in [6.45, 7) is 3.33. The second-order valence-electron chi connectivity index (χ2n) is 6.59. The molecule has 1 aliphatic heterocycles. The van der Waals surface area contributed by atoms with Gasteiger partial charge in [-0.3, -0.25) is 19.8 Å². The van der Waals surface area contributed by atoms with Gasteiger partial charge in [-0.1, -0.05) is 37.3 Å². The van der Waals surface area contributed by atoms with Crippen LogP contribution in [0.1, 0.15) is 25.0 Å². The number of para-hydroxylation sites is 1. The number of hydrogen-bond acceptors (Lipinski definition) is 6. The molecule has 3 rings (SSSR count). The molecule has 1 saturated heterocycles. The van der Waals surface area contributed by atoms with Crippen molar-refractivity contribution in [2.45, 2.75) is 26.4 Å². The van der Waals surface area contributed by atoms with Crippen LogP contribution >= 0.6 is 12.2 Å². The van der Waals surface area contributed by atoms with Crippen LogP contribution in [0.2, 0.25) is 0 Å². The molecule has 2 aromatic rings. The van der Waals surface area contributed by atoms with Gasteiger partial charge < -0.3 is 14.6 Å². The molecule has 8 heteroatoms. The van der Waals surface area contributed by atoms with E-state index in [1.807, 2.05) is 19.1 Å². The second-order valence-corrected chi connectivity index (χ2v) is 6.97. The highest BCUT2D eigenvalue weighted by atomic mass is 32.1. The Labute approximate surface area is 179 Å². The third-order valence-electron chi connectivity index (χ3n) is 4.55. The zero-order valence-electron chi connectivity index (χ0n) is 16.4. The number of carboxylic acids is 1. The summed E-state index contributed by atoms with van der Waals surface area (Å²) >= 11 is 5.24. The zero-order valence-corrected chi connectivity index (χ0v) is 17.2. The number of anilines is 1. The minimum absolute atomic E-state index is 0.0306. The van der Waals surface area contributed by atoms with Gasteiger partial charge in [0.25, 0.3) is 11.8 Å². The van der Waals surface area contributed by atoms with Gasteiger partial charge >= 0.3 is 0 Å². The third-order valence-corrected chi connectivity index (χ3v) is 4.84. The number of amides is 2. The molecule has 1 heterocycles. The molecule has 0 spiro atoms. The Balaban J connectivity index is 1.90. The molecule has 0 aromatic heterocycles. The van der Waals surface area contributed by atoms with Crippen molar-refractivity contribution < 1.29 is 24.2 Å². The number of rotatable bonds is 6. The van der Waals surface area contributed by atoms with Crippen molar-refractivity contribution >= 4 is 46.9 Å². The number of carbonyl (C=O) groups is 3. The molecule has 30 heavy (non-hydrogen) atoms. The first-order valence-electron chi connectivity index (χ1n) is 9.28. The van der Waals surface area contributed by atoms with Crippen LogP contribution in [0.4, 0.5) is 5.69 Å². The van der Waals surface area contributed by atoms with Crippen LogP contribution in [-0.4, -0.2) is 29.0 Å².